The van der Waals surface area contributed by atoms with Crippen molar-refractivity contribution < 1.29 is 18.1 Å². The van der Waals surface area contributed by atoms with E-state index < -0.39 is 27.4 Å². The van der Waals surface area contributed by atoms with Gasteiger partial charge in [0.1, 0.15) is 4.21 Å². The van der Waals surface area contributed by atoms with Crippen LogP contribution in [-0.4, -0.2) is 25.8 Å². The van der Waals surface area contributed by atoms with Crippen LogP contribution < -0.4 is 4.72 Å². The number of sulfonamides is 1. The monoisotopic (exact) mass is 250 g/mol. The van der Waals surface area contributed by atoms with Gasteiger partial charge in [0.15, 0.2) is 0 Å². The molecule has 0 spiro atoms. The molecule has 0 bridgehead atoms. The summed E-state index contributed by atoms with van der Waals surface area (Å²) < 4.78 is 24.2. The highest BCUT2D eigenvalue weighted by Gasteiger charge is 2.21. The third-order valence-corrected chi connectivity index (χ3v) is 4.05. The molecule has 0 atom stereocenters. The fraction of sp³-hybridized carbons (Fsp3) is 0.167. The molecule has 9 heteroatoms. The molecule has 82 valence electrons. The van der Waals surface area contributed by atoms with Crippen molar-refractivity contribution in [2.75, 3.05) is 6.54 Å². The molecule has 0 aliphatic rings. The number of thiophene rings is 1. The van der Waals surface area contributed by atoms with E-state index in [4.69, 9.17) is 0 Å². The fourth-order valence-electron chi connectivity index (χ4n) is 0.766. The molecule has 0 aliphatic carbocycles. The highest BCUT2D eigenvalue weighted by Crippen LogP contribution is 2.14. The van der Waals surface area contributed by atoms with E-state index in [2.05, 4.69) is 0 Å². The number of carbonyl (C=O) groups excluding carboxylic acids is 1. The fourth-order valence-corrected chi connectivity index (χ4v) is 2.74. The first-order chi connectivity index (χ1) is 6.92. The minimum atomic E-state index is -3.95. The van der Waals surface area contributed by atoms with Gasteiger partial charge in [-0.15, -0.1) is 11.3 Å². The van der Waals surface area contributed by atoms with Gasteiger partial charge in [-0.3, -0.25) is 14.9 Å². The van der Waals surface area contributed by atoms with Crippen LogP contribution in [0.25, 0.3) is 0 Å². The Bertz CT molecular complexity index is 464. The molecule has 0 saturated heterocycles. The van der Waals surface area contributed by atoms with Gasteiger partial charge in [-0.2, -0.15) is 0 Å². The third kappa shape index (κ3) is 3.29. The van der Waals surface area contributed by atoms with E-state index in [1.165, 1.54) is 17.5 Å². The number of hydrogen-bond donors (Lipinski definition) is 1. The lowest BCUT2D eigenvalue weighted by Crippen LogP contribution is -2.34. The van der Waals surface area contributed by atoms with Gasteiger partial charge in [0.2, 0.25) is 0 Å². The molecule has 0 saturated carbocycles. The Morgan fingerprint density at radius 2 is 2.27 bits per heavy atom. The van der Waals surface area contributed by atoms with Crippen molar-refractivity contribution in [3.8, 4) is 0 Å². The van der Waals surface area contributed by atoms with Gasteiger partial charge in [-0.1, -0.05) is 6.07 Å². The van der Waals surface area contributed by atoms with Crippen LogP contribution in [0.1, 0.15) is 0 Å². The molecule has 1 aromatic heterocycles. The van der Waals surface area contributed by atoms with Gasteiger partial charge in [0.05, 0.1) is 0 Å². The first-order valence-electron chi connectivity index (χ1n) is 3.63. The molecular weight excluding hydrogens is 244 g/mol. The molecule has 1 N–H and O–H groups in total. The van der Waals surface area contributed by atoms with Gasteiger partial charge < -0.3 is 0 Å². The smallest absolute Gasteiger partial charge is 0.266 e. The molecule has 7 nitrogen and oxygen atoms in total. The Kier molecular flexibility index (Phi) is 3.37. The van der Waals surface area contributed by atoms with Crippen molar-refractivity contribution in [1.82, 2.24) is 4.72 Å². The highest BCUT2D eigenvalue weighted by atomic mass is 32.2. The summed E-state index contributed by atoms with van der Waals surface area (Å²) in [7, 11) is -3.95. The van der Waals surface area contributed by atoms with Crippen LogP contribution >= 0.6 is 11.3 Å². The number of nitro groups is 1. The molecule has 0 unspecified atom stereocenters. The first kappa shape index (κ1) is 11.6. The zero-order valence-electron chi connectivity index (χ0n) is 7.24. The van der Waals surface area contributed by atoms with Gasteiger partial charge >= 0.3 is 5.91 Å². The molecular formula is C6H6N2O5S2. The number of nitrogens with zero attached hydrogens (tertiary/aromatic N) is 1. The molecule has 1 amide bonds. The molecule has 1 heterocycles. The third-order valence-electron chi connectivity index (χ3n) is 1.28. The van der Waals surface area contributed by atoms with Crippen LogP contribution in [0.2, 0.25) is 0 Å². The minimum Gasteiger partial charge on any atom is -0.266 e. The summed E-state index contributed by atoms with van der Waals surface area (Å²) >= 11 is 0.918. The Balaban J connectivity index is 2.74. The zero-order valence-corrected chi connectivity index (χ0v) is 8.88. The maximum atomic E-state index is 11.3. The maximum absolute atomic E-state index is 11.3. The van der Waals surface area contributed by atoms with E-state index >= 15 is 0 Å². The van der Waals surface area contributed by atoms with E-state index in [1.807, 2.05) is 0 Å². The number of nitrogens with one attached hydrogen (secondary N) is 1. The van der Waals surface area contributed by atoms with Gasteiger partial charge in [-0.05, 0) is 11.4 Å². The maximum Gasteiger partial charge on any atom is 0.305 e. The molecule has 0 aromatic carbocycles. The SMILES string of the molecule is O=C(C[N+](=O)[O-])NS(=O)(=O)c1cccs1. The standard InChI is InChI=1S/C6H6N2O5S2/c9-5(4-8(10)11)7-15(12,13)6-2-1-3-14-6/h1-3H,4H2,(H,7,9). The van der Waals surface area contributed by atoms with Gasteiger partial charge in [-0.25, -0.2) is 13.1 Å². The normalized spacial score (nSPS) is 10.9. The van der Waals surface area contributed by atoms with Crippen molar-refractivity contribution in [3.05, 3.63) is 27.6 Å². The summed E-state index contributed by atoms with van der Waals surface area (Å²) in [6, 6.07) is 2.80. The number of rotatable bonds is 4. The van der Waals surface area contributed by atoms with Crippen LogP contribution in [0.15, 0.2) is 21.7 Å². The Morgan fingerprint density at radius 3 is 2.73 bits per heavy atom. The topological polar surface area (TPSA) is 106 Å². The predicted octanol–water partition coefficient (Wildman–Crippen LogP) is -0.170. The summed E-state index contributed by atoms with van der Waals surface area (Å²) in [5.41, 5.74) is 0. The van der Waals surface area contributed by atoms with Crippen LogP contribution in [0.5, 0.6) is 0 Å². The first-order valence-corrected chi connectivity index (χ1v) is 5.99. The quantitative estimate of drug-likeness (QED) is 0.589. The molecule has 0 fully saturated rings. The average Bonchev–Trinajstić information content (AvgIpc) is 2.51. The van der Waals surface area contributed by atoms with Crippen LogP contribution in [0, 0.1) is 10.1 Å². The Labute approximate surface area is 88.9 Å². The van der Waals surface area contributed by atoms with Crippen molar-refractivity contribution >= 4 is 27.3 Å². The predicted molar refractivity (Wildman–Crippen MR) is 51.5 cm³/mol. The second kappa shape index (κ2) is 4.36. The second-order valence-electron chi connectivity index (χ2n) is 2.45. The van der Waals surface area contributed by atoms with Gasteiger partial charge in [0.25, 0.3) is 16.6 Å². The summed E-state index contributed by atoms with van der Waals surface area (Å²) in [5.74, 6) is -1.16. The van der Waals surface area contributed by atoms with E-state index in [1.54, 1.807) is 4.72 Å². The van der Waals surface area contributed by atoms with Crippen molar-refractivity contribution in [2.24, 2.45) is 0 Å². The van der Waals surface area contributed by atoms with E-state index in [0.717, 1.165) is 11.3 Å². The molecule has 0 aliphatic heterocycles. The second-order valence-corrected chi connectivity index (χ2v) is 5.31. The summed E-state index contributed by atoms with van der Waals surface area (Å²) in [6.45, 7) is -1.06. The number of carbonyl (C=O) groups is 1. The average molecular weight is 250 g/mol. The van der Waals surface area contributed by atoms with Gasteiger partial charge in [0, 0.05) is 4.92 Å². The molecule has 1 rings (SSSR count). The Hall–Kier alpha value is -1.48. The van der Waals surface area contributed by atoms with E-state index in [9.17, 15) is 23.3 Å². The summed E-state index contributed by atoms with van der Waals surface area (Å²) in [4.78, 5) is 19.9. The Morgan fingerprint density at radius 1 is 1.60 bits per heavy atom. The van der Waals surface area contributed by atoms with Crippen molar-refractivity contribution in [3.63, 3.8) is 0 Å². The van der Waals surface area contributed by atoms with Crippen LogP contribution in [0.3, 0.4) is 0 Å². The molecule has 1 aromatic rings. The minimum absolute atomic E-state index is 0.0563. The van der Waals surface area contributed by atoms with Crippen molar-refractivity contribution in [1.29, 1.82) is 0 Å². The summed E-state index contributed by atoms with van der Waals surface area (Å²) in [5, 5.41) is 11.5. The highest BCUT2D eigenvalue weighted by molar-refractivity contribution is 7.92. The lowest BCUT2D eigenvalue weighted by molar-refractivity contribution is -0.467. The van der Waals surface area contributed by atoms with E-state index in [-0.39, 0.29) is 4.21 Å². The lowest BCUT2D eigenvalue weighted by Gasteiger charge is -2.01. The molecule has 0 radical (unpaired) electrons. The lowest BCUT2D eigenvalue weighted by atomic mass is 10.7. The zero-order chi connectivity index (χ0) is 11.5. The summed E-state index contributed by atoms with van der Waals surface area (Å²) in [6.07, 6.45) is 0. The van der Waals surface area contributed by atoms with Crippen LogP contribution in [-0.2, 0) is 14.8 Å². The molecule has 15 heavy (non-hydrogen) atoms. The van der Waals surface area contributed by atoms with Crippen LogP contribution in [0.4, 0.5) is 0 Å². The largest absolute Gasteiger partial charge is 0.305 e. The number of hydrogen-bond acceptors (Lipinski definition) is 6. The van der Waals surface area contributed by atoms with Crippen molar-refractivity contribution in [2.45, 2.75) is 4.21 Å². The van der Waals surface area contributed by atoms with E-state index in [0.29, 0.717) is 0 Å². The number of amides is 1.